The van der Waals surface area contributed by atoms with Crippen molar-refractivity contribution in [2.24, 2.45) is 0 Å². The molecule has 0 spiro atoms. The van der Waals surface area contributed by atoms with Gasteiger partial charge in [-0.25, -0.2) is 0 Å². The number of para-hydroxylation sites is 1. The van der Waals surface area contributed by atoms with Gasteiger partial charge in [-0.15, -0.1) is 0 Å². The van der Waals surface area contributed by atoms with Crippen LogP contribution in [0, 0.1) is 0 Å². The molecule has 2 aromatic rings. The SMILES string of the molecule is CCCCCOc1ccccc1C(=O)Nc1ccc(OCCC)cc1. The minimum absolute atomic E-state index is 0.173. The monoisotopic (exact) mass is 341 g/mol. The van der Waals surface area contributed by atoms with E-state index in [1.807, 2.05) is 42.5 Å². The summed E-state index contributed by atoms with van der Waals surface area (Å²) in [6, 6.07) is 14.7. The highest BCUT2D eigenvalue weighted by Crippen LogP contribution is 2.21. The van der Waals surface area contributed by atoms with Crippen LogP contribution in [0.15, 0.2) is 48.5 Å². The summed E-state index contributed by atoms with van der Waals surface area (Å²) in [5.74, 6) is 1.26. The molecule has 25 heavy (non-hydrogen) atoms. The lowest BCUT2D eigenvalue weighted by Gasteiger charge is -2.12. The molecule has 1 N–H and O–H groups in total. The molecule has 0 aromatic heterocycles. The largest absolute Gasteiger partial charge is 0.494 e. The van der Waals surface area contributed by atoms with E-state index >= 15 is 0 Å². The average Bonchev–Trinajstić information content (AvgIpc) is 2.65. The average molecular weight is 341 g/mol. The Labute approximate surface area is 150 Å². The molecule has 0 radical (unpaired) electrons. The van der Waals surface area contributed by atoms with Gasteiger partial charge in [0.2, 0.25) is 0 Å². The van der Waals surface area contributed by atoms with Crippen molar-refractivity contribution in [2.75, 3.05) is 18.5 Å². The minimum atomic E-state index is -0.173. The molecule has 0 saturated heterocycles. The van der Waals surface area contributed by atoms with E-state index in [9.17, 15) is 4.79 Å². The molecular formula is C21H27NO3. The van der Waals surface area contributed by atoms with Crippen LogP contribution >= 0.6 is 0 Å². The number of carbonyl (C=O) groups excluding carboxylic acids is 1. The van der Waals surface area contributed by atoms with Crippen LogP contribution in [-0.2, 0) is 0 Å². The maximum absolute atomic E-state index is 12.6. The number of amides is 1. The summed E-state index contributed by atoms with van der Waals surface area (Å²) in [6.07, 6.45) is 4.23. The molecule has 0 aliphatic carbocycles. The zero-order chi connectivity index (χ0) is 17.9. The second kappa shape index (κ2) is 10.4. The highest BCUT2D eigenvalue weighted by Gasteiger charge is 2.12. The molecular weight excluding hydrogens is 314 g/mol. The fraction of sp³-hybridized carbons (Fsp3) is 0.381. The van der Waals surface area contributed by atoms with E-state index in [0.29, 0.717) is 24.5 Å². The molecule has 4 heteroatoms. The van der Waals surface area contributed by atoms with Gasteiger partial charge in [-0.2, -0.15) is 0 Å². The maximum Gasteiger partial charge on any atom is 0.259 e. The molecule has 0 fully saturated rings. The van der Waals surface area contributed by atoms with Crippen LogP contribution in [0.1, 0.15) is 49.9 Å². The maximum atomic E-state index is 12.6. The summed E-state index contributed by atoms with van der Waals surface area (Å²) < 4.78 is 11.3. The molecule has 0 heterocycles. The van der Waals surface area contributed by atoms with Crippen LogP contribution < -0.4 is 14.8 Å². The molecule has 1 amide bonds. The summed E-state index contributed by atoms with van der Waals surface area (Å²) in [5, 5.41) is 2.91. The number of carbonyl (C=O) groups is 1. The zero-order valence-electron chi connectivity index (χ0n) is 15.1. The molecule has 2 aromatic carbocycles. The number of rotatable bonds is 10. The smallest absolute Gasteiger partial charge is 0.259 e. The van der Waals surface area contributed by atoms with Crippen molar-refractivity contribution in [3.8, 4) is 11.5 Å². The van der Waals surface area contributed by atoms with Crippen LogP contribution in [0.4, 0.5) is 5.69 Å². The lowest BCUT2D eigenvalue weighted by Crippen LogP contribution is -2.14. The van der Waals surface area contributed by atoms with Crippen LogP contribution in [0.2, 0.25) is 0 Å². The summed E-state index contributed by atoms with van der Waals surface area (Å²) in [6.45, 7) is 5.53. The number of anilines is 1. The number of benzene rings is 2. The Bertz CT molecular complexity index is 652. The molecule has 0 saturated carbocycles. The van der Waals surface area contributed by atoms with E-state index in [2.05, 4.69) is 19.2 Å². The van der Waals surface area contributed by atoms with Crippen molar-refractivity contribution >= 4 is 11.6 Å². The van der Waals surface area contributed by atoms with Gasteiger partial charge < -0.3 is 14.8 Å². The van der Waals surface area contributed by atoms with E-state index in [0.717, 1.165) is 37.1 Å². The highest BCUT2D eigenvalue weighted by molar-refractivity contribution is 6.06. The fourth-order valence-electron chi connectivity index (χ4n) is 2.37. The first kappa shape index (κ1) is 18.8. The Morgan fingerprint density at radius 1 is 0.880 bits per heavy atom. The highest BCUT2D eigenvalue weighted by atomic mass is 16.5. The molecule has 0 bridgehead atoms. The summed E-state index contributed by atoms with van der Waals surface area (Å²) >= 11 is 0. The number of hydrogen-bond donors (Lipinski definition) is 1. The summed E-state index contributed by atoms with van der Waals surface area (Å²) in [5.41, 5.74) is 1.28. The first-order valence-corrected chi connectivity index (χ1v) is 9.00. The standard InChI is InChI=1S/C21H27NO3/c1-3-5-8-16-25-20-10-7-6-9-19(20)21(23)22-17-11-13-18(14-12-17)24-15-4-2/h6-7,9-14H,3-5,8,15-16H2,1-2H3,(H,22,23). The molecule has 134 valence electrons. The van der Waals surface area contributed by atoms with Crippen molar-refractivity contribution in [1.29, 1.82) is 0 Å². The third-order valence-electron chi connectivity index (χ3n) is 3.72. The second-order valence-electron chi connectivity index (χ2n) is 5.88. The van der Waals surface area contributed by atoms with E-state index in [1.54, 1.807) is 6.07 Å². The predicted octanol–water partition coefficient (Wildman–Crippen LogP) is 5.30. The lowest BCUT2D eigenvalue weighted by molar-refractivity contribution is 0.102. The molecule has 0 aliphatic heterocycles. The number of nitrogens with one attached hydrogen (secondary N) is 1. The van der Waals surface area contributed by atoms with Crippen LogP contribution in [-0.4, -0.2) is 19.1 Å². The van der Waals surface area contributed by atoms with Gasteiger partial charge in [-0.1, -0.05) is 38.8 Å². The van der Waals surface area contributed by atoms with Gasteiger partial charge in [-0.05, 0) is 49.2 Å². The van der Waals surface area contributed by atoms with Crippen molar-refractivity contribution in [3.63, 3.8) is 0 Å². The van der Waals surface area contributed by atoms with Crippen molar-refractivity contribution in [2.45, 2.75) is 39.5 Å². The third kappa shape index (κ3) is 6.14. The number of unbranched alkanes of at least 4 members (excludes halogenated alkanes) is 2. The summed E-state index contributed by atoms with van der Waals surface area (Å²) in [7, 11) is 0. The normalized spacial score (nSPS) is 10.3. The quantitative estimate of drug-likeness (QED) is 0.597. The number of ether oxygens (including phenoxy) is 2. The molecule has 0 unspecified atom stereocenters. The Morgan fingerprint density at radius 2 is 1.64 bits per heavy atom. The Kier molecular flexibility index (Phi) is 7.83. The van der Waals surface area contributed by atoms with Crippen LogP contribution in [0.5, 0.6) is 11.5 Å². The van der Waals surface area contributed by atoms with Crippen molar-refractivity contribution in [3.05, 3.63) is 54.1 Å². The lowest BCUT2D eigenvalue weighted by atomic mass is 10.1. The first-order chi connectivity index (χ1) is 12.2. The van der Waals surface area contributed by atoms with Crippen LogP contribution in [0.25, 0.3) is 0 Å². The minimum Gasteiger partial charge on any atom is -0.494 e. The zero-order valence-corrected chi connectivity index (χ0v) is 15.1. The summed E-state index contributed by atoms with van der Waals surface area (Å²) in [4.78, 5) is 12.6. The van der Waals surface area contributed by atoms with Gasteiger partial charge in [0.05, 0.1) is 18.8 Å². The van der Waals surface area contributed by atoms with Gasteiger partial charge in [-0.3, -0.25) is 4.79 Å². The molecule has 0 atom stereocenters. The van der Waals surface area contributed by atoms with E-state index in [1.165, 1.54) is 0 Å². The first-order valence-electron chi connectivity index (χ1n) is 9.00. The van der Waals surface area contributed by atoms with E-state index in [4.69, 9.17) is 9.47 Å². The van der Waals surface area contributed by atoms with Crippen molar-refractivity contribution in [1.82, 2.24) is 0 Å². The van der Waals surface area contributed by atoms with E-state index < -0.39 is 0 Å². The Balaban J connectivity index is 1.98. The third-order valence-corrected chi connectivity index (χ3v) is 3.72. The predicted molar refractivity (Wildman–Crippen MR) is 102 cm³/mol. The molecule has 0 aliphatic rings. The molecule has 2 rings (SSSR count). The van der Waals surface area contributed by atoms with Crippen molar-refractivity contribution < 1.29 is 14.3 Å². The van der Waals surface area contributed by atoms with Gasteiger partial charge >= 0.3 is 0 Å². The number of hydrogen-bond acceptors (Lipinski definition) is 3. The van der Waals surface area contributed by atoms with E-state index in [-0.39, 0.29) is 5.91 Å². The molecule has 4 nitrogen and oxygen atoms in total. The van der Waals surface area contributed by atoms with Gasteiger partial charge in [0.1, 0.15) is 11.5 Å². The second-order valence-corrected chi connectivity index (χ2v) is 5.88. The van der Waals surface area contributed by atoms with Gasteiger partial charge in [0, 0.05) is 5.69 Å². The Morgan fingerprint density at radius 3 is 2.36 bits per heavy atom. The topological polar surface area (TPSA) is 47.6 Å². The Hall–Kier alpha value is -2.49. The fourth-order valence-corrected chi connectivity index (χ4v) is 2.37. The van der Waals surface area contributed by atoms with Crippen LogP contribution in [0.3, 0.4) is 0 Å². The van der Waals surface area contributed by atoms with Gasteiger partial charge in [0.15, 0.2) is 0 Å². The van der Waals surface area contributed by atoms with Gasteiger partial charge in [0.25, 0.3) is 5.91 Å².